The highest BCUT2D eigenvalue weighted by molar-refractivity contribution is 5.94. The van der Waals surface area contributed by atoms with Crippen LogP contribution in [0.25, 0.3) is 0 Å². The first-order valence-corrected chi connectivity index (χ1v) is 9.68. The van der Waals surface area contributed by atoms with E-state index < -0.39 is 0 Å². The molecule has 2 aromatic carbocycles. The number of hydrogen-bond acceptors (Lipinski definition) is 4. The molecule has 0 spiro atoms. The second-order valence-electron chi connectivity index (χ2n) is 7.24. The van der Waals surface area contributed by atoms with Gasteiger partial charge in [0.25, 0.3) is 5.91 Å². The molecule has 2 aliphatic heterocycles. The summed E-state index contributed by atoms with van der Waals surface area (Å²) in [6.45, 7) is 4.06. The Kier molecular flexibility index (Phi) is 5.30. The third kappa shape index (κ3) is 4.08. The molecule has 0 N–H and O–H groups in total. The smallest absolute Gasteiger partial charge is 0.253 e. The molecule has 5 nitrogen and oxygen atoms in total. The highest BCUT2D eigenvalue weighted by Crippen LogP contribution is 2.26. The van der Waals surface area contributed by atoms with Crippen molar-refractivity contribution in [1.82, 2.24) is 9.80 Å². The van der Waals surface area contributed by atoms with Gasteiger partial charge >= 0.3 is 0 Å². The van der Waals surface area contributed by atoms with Gasteiger partial charge in [0.05, 0.1) is 7.11 Å². The Hall–Kier alpha value is -2.53. The van der Waals surface area contributed by atoms with Gasteiger partial charge in [-0.3, -0.25) is 9.69 Å². The van der Waals surface area contributed by atoms with Crippen molar-refractivity contribution in [3.63, 3.8) is 0 Å². The Morgan fingerprint density at radius 2 is 1.70 bits per heavy atom. The van der Waals surface area contributed by atoms with E-state index in [-0.39, 0.29) is 5.91 Å². The summed E-state index contributed by atoms with van der Waals surface area (Å²) < 4.78 is 11.1. The number of nitrogens with zero attached hydrogens (tertiary/aromatic N) is 2. The number of rotatable bonds is 5. The van der Waals surface area contributed by atoms with E-state index in [2.05, 4.69) is 4.90 Å². The number of methoxy groups -OCH3 is 1. The molecule has 27 heavy (non-hydrogen) atoms. The molecule has 0 saturated carbocycles. The van der Waals surface area contributed by atoms with Gasteiger partial charge in [0.15, 0.2) is 0 Å². The van der Waals surface area contributed by atoms with Crippen molar-refractivity contribution < 1.29 is 14.3 Å². The lowest BCUT2D eigenvalue weighted by molar-refractivity contribution is 0.0780. The predicted octanol–water partition coefficient (Wildman–Crippen LogP) is 3.80. The Morgan fingerprint density at radius 1 is 0.963 bits per heavy atom. The zero-order valence-corrected chi connectivity index (χ0v) is 15.8. The number of carbonyl (C=O) groups excluding carboxylic acids is 1. The Labute approximate surface area is 160 Å². The highest BCUT2D eigenvalue weighted by Gasteiger charge is 2.31. The van der Waals surface area contributed by atoms with Crippen LogP contribution in [0, 0.1) is 0 Å². The minimum atomic E-state index is 0.115. The Bertz CT molecular complexity index is 784. The van der Waals surface area contributed by atoms with Crippen LogP contribution in [0.4, 0.5) is 0 Å². The summed E-state index contributed by atoms with van der Waals surface area (Å²) in [5.74, 6) is 2.28. The predicted molar refractivity (Wildman–Crippen MR) is 105 cm³/mol. The van der Waals surface area contributed by atoms with Crippen LogP contribution in [0.2, 0.25) is 0 Å². The molecule has 2 aliphatic rings. The molecule has 0 aliphatic carbocycles. The SMILES string of the molecule is COc1cccc(Oc2ccc(C(=O)N3CC[C@H](N4CCCC4)C3)cc2)c1. The molecule has 0 bridgehead atoms. The van der Waals surface area contributed by atoms with Crippen LogP contribution in [-0.2, 0) is 0 Å². The Morgan fingerprint density at radius 3 is 2.44 bits per heavy atom. The van der Waals surface area contributed by atoms with Crippen molar-refractivity contribution in [1.29, 1.82) is 0 Å². The van der Waals surface area contributed by atoms with Crippen molar-refractivity contribution in [3.05, 3.63) is 54.1 Å². The van der Waals surface area contributed by atoms with Gasteiger partial charge in [-0.15, -0.1) is 0 Å². The lowest BCUT2D eigenvalue weighted by atomic mass is 10.2. The minimum absolute atomic E-state index is 0.115. The van der Waals surface area contributed by atoms with Crippen LogP contribution >= 0.6 is 0 Å². The molecule has 1 amide bonds. The van der Waals surface area contributed by atoms with E-state index in [1.54, 1.807) is 7.11 Å². The molecule has 2 saturated heterocycles. The number of carbonyl (C=O) groups is 1. The average molecular weight is 366 g/mol. The summed E-state index contributed by atoms with van der Waals surface area (Å²) in [6.07, 6.45) is 3.67. The largest absolute Gasteiger partial charge is 0.497 e. The summed E-state index contributed by atoms with van der Waals surface area (Å²) in [5, 5.41) is 0. The van der Waals surface area contributed by atoms with Crippen molar-refractivity contribution in [2.24, 2.45) is 0 Å². The fraction of sp³-hybridized carbons (Fsp3) is 0.409. The maximum atomic E-state index is 12.8. The van der Waals surface area contributed by atoms with Crippen LogP contribution in [-0.4, -0.2) is 55.0 Å². The van der Waals surface area contributed by atoms with E-state index in [9.17, 15) is 4.79 Å². The van der Waals surface area contributed by atoms with Crippen LogP contribution in [0.3, 0.4) is 0 Å². The van der Waals surface area contributed by atoms with E-state index >= 15 is 0 Å². The number of benzene rings is 2. The maximum absolute atomic E-state index is 12.8. The third-order valence-electron chi connectivity index (χ3n) is 5.49. The topological polar surface area (TPSA) is 42.0 Å². The zero-order valence-electron chi connectivity index (χ0n) is 15.8. The summed E-state index contributed by atoms with van der Waals surface area (Å²) in [7, 11) is 1.63. The molecule has 5 heteroatoms. The fourth-order valence-corrected chi connectivity index (χ4v) is 3.98. The van der Waals surface area contributed by atoms with Gasteiger partial charge in [-0.05, 0) is 68.8 Å². The lowest BCUT2D eigenvalue weighted by Gasteiger charge is -2.23. The normalized spacial score (nSPS) is 20.0. The Balaban J connectivity index is 1.37. The van der Waals surface area contributed by atoms with Crippen LogP contribution in [0.15, 0.2) is 48.5 Å². The van der Waals surface area contributed by atoms with Crippen molar-refractivity contribution in [2.45, 2.75) is 25.3 Å². The number of amides is 1. The first kappa shape index (κ1) is 17.9. The summed E-state index contributed by atoms with van der Waals surface area (Å²) >= 11 is 0. The second-order valence-corrected chi connectivity index (χ2v) is 7.24. The molecular weight excluding hydrogens is 340 g/mol. The van der Waals surface area contributed by atoms with Crippen molar-refractivity contribution in [3.8, 4) is 17.2 Å². The molecule has 0 radical (unpaired) electrons. The summed E-state index contributed by atoms with van der Waals surface area (Å²) in [5.41, 5.74) is 0.718. The summed E-state index contributed by atoms with van der Waals surface area (Å²) in [6, 6.07) is 15.4. The molecule has 2 fully saturated rings. The van der Waals surface area contributed by atoms with Crippen LogP contribution < -0.4 is 9.47 Å². The van der Waals surface area contributed by atoms with Crippen LogP contribution in [0.1, 0.15) is 29.6 Å². The quantitative estimate of drug-likeness (QED) is 0.807. The van der Waals surface area contributed by atoms with Gasteiger partial charge < -0.3 is 14.4 Å². The van der Waals surface area contributed by atoms with Crippen LogP contribution in [0.5, 0.6) is 17.2 Å². The number of hydrogen-bond donors (Lipinski definition) is 0. The molecular formula is C22H26N2O3. The molecule has 0 aromatic heterocycles. The molecule has 0 unspecified atom stereocenters. The molecule has 1 atom stereocenters. The number of likely N-dealkylation sites (tertiary alicyclic amines) is 2. The van der Waals surface area contributed by atoms with Gasteiger partial charge in [-0.25, -0.2) is 0 Å². The minimum Gasteiger partial charge on any atom is -0.497 e. The molecule has 2 heterocycles. The monoisotopic (exact) mass is 366 g/mol. The molecule has 2 aromatic rings. The van der Waals surface area contributed by atoms with Crippen molar-refractivity contribution in [2.75, 3.05) is 33.3 Å². The van der Waals surface area contributed by atoms with Gasteiger partial charge in [-0.2, -0.15) is 0 Å². The van der Waals surface area contributed by atoms with E-state index in [4.69, 9.17) is 9.47 Å². The number of ether oxygens (including phenoxy) is 2. The summed E-state index contributed by atoms with van der Waals surface area (Å²) in [4.78, 5) is 17.3. The molecule has 142 valence electrons. The lowest BCUT2D eigenvalue weighted by Crippen LogP contribution is -2.37. The maximum Gasteiger partial charge on any atom is 0.253 e. The third-order valence-corrected chi connectivity index (χ3v) is 5.49. The molecule has 4 rings (SSSR count). The second kappa shape index (κ2) is 8.01. The van der Waals surface area contributed by atoms with E-state index in [0.717, 1.165) is 30.8 Å². The van der Waals surface area contributed by atoms with E-state index in [1.807, 2.05) is 53.4 Å². The highest BCUT2D eigenvalue weighted by atomic mass is 16.5. The van der Waals surface area contributed by atoms with Crippen molar-refractivity contribution >= 4 is 5.91 Å². The average Bonchev–Trinajstić information content (AvgIpc) is 3.40. The van der Waals surface area contributed by atoms with E-state index in [1.165, 1.54) is 25.9 Å². The van der Waals surface area contributed by atoms with Gasteiger partial charge in [-0.1, -0.05) is 6.07 Å². The first-order valence-electron chi connectivity index (χ1n) is 9.68. The van der Waals surface area contributed by atoms with Gasteiger partial charge in [0, 0.05) is 30.8 Å². The standard InChI is InChI=1S/C22H26N2O3/c1-26-20-5-4-6-21(15-20)27-19-9-7-17(8-10-19)22(25)24-14-11-18(16-24)23-12-2-3-13-23/h4-10,15,18H,2-3,11-14,16H2,1H3/t18-/m0/s1. The van der Waals surface area contributed by atoms with Gasteiger partial charge in [0.1, 0.15) is 17.2 Å². The van der Waals surface area contributed by atoms with E-state index in [0.29, 0.717) is 17.5 Å². The van der Waals surface area contributed by atoms with Gasteiger partial charge in [0.2, 0.25) is 0 Å². The zero-order chi connectivity index (χ0) is 18.6. The fourth-order valence-electron chi connectivity index (χ4n) is 3.98. The first-order chi connectivity index (χ1) is 13.2.